The van der Waals surface area contributed by atoms with Crippen molar-refractivity contribution in [1.29, 1.82) is 5.26 Å². The molecule has 0 aliphatic heterocycles. The average molecular weight is 194 g/mol. The third-order valence-corrected chi connectivity index (χ3v) is 3.34. The highest BCUT2D eigenvalue weighted by Crippen LogP contribution is 2.30. The summed E-state index contributed by atoms with van der Waals surface area (Å²) in [5.41, 5.74) is 0.797. The van der Waals surface area contributed by atoms with Crippen LogP contribution in [-0.2, 0) is 0 Å². The second-order valence-electron chi connectivity index (χ2n) is 3.64. The zero-order chi connectivity index (χ0) is 10.1. The molecule has 0 saturated heterocycles. The van der Waals surface area contributed by atoms with Gasteiger partial charge in [0.2, 0.25) is 0 Å². The Morgan fingerprint density at radius 3 is 2.54 bits per heavy atom. The molecule has 0 fully saturated rings. The smallest absolute Gasteiger partial charge is 0.122 e. The third kappa shape index (κ3) is 1.84. The zero-order valence-electron chi connectivity index (χ0n) is 8.46. The van der Waals surface area contributed by atoms with E-state index >= 15 is 0 Å². The van der Waals surface area contributed by atoms with E-state index in [-0.39, 0.29) is 0 Å². The molecule has 0 bridgehead atoms. The molecule has 2 nitrogen and oxygen atoms in total. The summed E-state index contributed by atoms with van der Waals surface area (Å²) in [6, 6.07) is 4.36. The van der Waals surface area contributed by atoms with Crippen LogP contribution in [0.2, 0.25) is 0 Å². The van der Waals surface area contributed by atoms with Crippen LogP contribution in [0.5, 0.6) is 0 Å². The molecule has 1 heterocycles. The van der Waals surface area contributed by atoms with Gasteiger partial charge in [-0.05, 0) is 37.8 Å². The number of aryl methyl sites for hydroxylation is 1. The molecule has 70 valence electrons. The molecule has 1 rings (SSSR count). The number of rotatable bonds is 2. The Kier molecular flexibility index (Phi) is 2.63. The van der Waals surface area contributed by atoms with Crippen LogP contribution in [0.3, 0.4) is 0 Å². The molecule has 0 spiro atoms. The van der Waals surface area contributed by atoms with E-state index in [4.69, 9.17) is 5.26 Å². The number of hydrogen-bond acceptors (Lipinski definition) is 3. The minimum absolute atomic E-state index is 0.435. The van der Waals surface area contributed by atoms with Crippen LogP contribution in [0.25, 0.3) is 0 Å². The highest BCUT2D eigenvalue weighted by molar-refractivity contribution is 7.14. The predicted molar refractivity (Wildman–Crippen MR) is 57.2 cm³/mol. The Morgan fingerprint density at radius 1 is 1.54 bits per heavy atom. The van der Waals surface area contributed by atoms with Crippen molar-refractivity contribution in [3.8, 4) is 6.07 Å². The van der Waals surface area contributed by atoms with E-state index < -0.39 is 5.54 Å². The minimum atomic E-state index is -0.435. The van der Waals surface area contributed by atoms with Crippen LogP contribution in [0.1, 0.15) is 19.4 Å². The lowest BCUT2D eigenvalue weighted by molar-refractivity contribution is 0.620. The van der Waals surface area contributed by atoms with E-state index in [2.05, 4.69) is 24.4 Å². The Bertz CT molecular complexity index is 333. The van der Waals surface area contributed by atoms with Gasteiger partial charge in [0, 0.05) is 7.05 Å². The number of nitrogens with zero attached hydrogens (tertiary/aromatic N) is 2. The van der Waals surface area contributed by atoms with Crippen molar-refractivity contribution in [1.82, 2.24) is 0 Å². The molecule has 0 radical (unpaired) electrons. The summed E-state index contributed by atoms with van der Waals surface area (Å²) in [6.07, 6.45) is 0. The lowest BCUT2D eigenvalue weighted by Gasteiger charge is -2.30. The standard InChI is InChI=1S/C10H14N2S/c1-8-5-6-13-9(8)12(4)10(2,3)7-11/h5-6H,1-4H3. The molecule has 0 N–H and O–H groups in total. The van der Waals surface area contributed by atoms with Crippen molar-refractivity contribution in [2.24, 2.45) is 0 Å². The van der Waals surface area contributed by atoms with Crippen LogP contribution in [0.4, 0.5) is 5.00 Å². The van der Waals surface area contributed by atoms with Crippen LogP contribution < -0.4 is 4.90 Å². The largest absolute Gasteiger partial charge is 0.348 e. The second kappa shape index (κ2) is 3.39. The molecule has 0 aromatic carbocycles. The van der Waals surface area contributed by atoms with Gasteiger partial charge in [-0.25, -0.2) is 0 Å². The zero-order valence-corrected chi connectivity index (χ0v) is 9.27. The Balaban J connectivity index is 3.00. The fraction of sp³-hybridized carbons (Fsp3) is 0.500. The van der Waals surface area contributed by atoms with Crippen LogP contribution >= 0.6 is 11.3 Å². The summed E-state index contributed by atoms with van der Waals surface area (Å²) in [7, 11) is 1.96. The molecule has 0 amide bonds. The second-order valence-corrected chi connectivity index (χ2v) is 4.53. The van der Waals surface area contributed by atoms with Gasteiger partial charge in [-0.3, -0.25) is 0 Å². The van der Waals surface area contributed by atoms with E-state index in [1.165, 1.54) is 10.6 Å². The van der Waals surface area contributed by atoms with Crippen molar-refractivity contribution in [2.45, 2.75) is 26.3 Å². The van der Waals surface area contributed by atoms with Crippen molar-refractivity contribution in [3.63, 3.8) is 0 Å². The first kappa shape index (κ1) is 10.1. The first-order valence-electron chi connectivity index (χ1n) is 4.18. The minimum Gasteiger partial charge on any atom is -0.348 e. The van der Waals surface area contributed by atoms with E-state index in [9.17, 15) is 0 Å². The van der Waals surface area contributed by atoms with E-state index in [1.807, 2.05) is 25.8 Å². The van der Waals surface area contributed by atoms with Crippen molar-refractivity contribution in [3.05, 3.63) is 17.0 Å². The fourth-order valence-corrected chi connectivity index (χ4v) is 2.08. The molecule has 0 atom stereocenters. The van der Waals surface area contributed by atoms with Gasteiger partial charge >= 0.3 is 0 Å². The quantitative estimate of drug-likeness (QED) is 0.724. The molecule has 0 aliphatic carbocycles. The number of hydrogen-bond donors (Lipinski definition) is 0. The molecule has 1 aromatic rings. The Morgan fingerprint density at radius 2 is 2.15 bits per heavy atom. The van der Waals surface area contributed by atoms with Crippen LogP contribution in [0.15, 0.2) is 11.4 Å². The third-order valence-electron chi connectivity index (χ3n) is 2.25. The summed E-state index contributed by atoms with van der Waals surface area (Å²) in [5.74, 6) is 0. The van der Waals surface area contributed by atoms with Gasteiger partial charge in [0.15, 0.2) is 0 Å². The van der Waals surface area contributed by atoms with Gasteiger partial charge in [-0.1, -0.05) is 0 Å². The van der Waals surface area contributed by atoms with Gasteiger partial charge in [0.1, 0.15) is 5.54 Å². The summed E-state index contributed by atoms with van der Waals surface area (Å²) in [4.78, 5) is 2.02. The highest BCUT2D eigenvalue weighted by atomic mass is 32.1. The first-order chi connectivity index (χ1) is 5.99. The van der Waals surface area contributed by atoms with Gasteiger partial charge in [0.25, 0.3) is 0 Å². The molecular formula is C10H14N2S. The van der Waals surface area contributed by atoms with Crippen molar-refractivity contribution in [2.75, 3.05) is 11.9 Å². The van der Waals surface area contributed by atoms with Crippen molar-refractivity contribution < 1.29 is 0 Å². The van der Waals surface area contributed by atoms with Gasteiger partial charge < -0.3 is 4.90 Å². The first-order valence-corrected chi connectivity index (χ1v) is 5.06. The summed E-state index contributed by atoms with van der Waals surface area (Å²) < 4.78 is 0. The number of nitriles is 1. The number of anilines is 1. The predicted octanol–water partition coefficient (Wildman–Crippen LogP) is 2.79. The normalized spacial score (nSPS) is 11.0. The molecular weight excluding hydrogens is 180 g/mol. The van der Waals surface area contributed by atoms with Crippen LogP contribution in [0, 0.1) is 18.3 Å². The summed E-state index contributed by atoms with van der Waals surface area (Å²) in [5, 5.41) is 12.2. The molecule has 1 aromatic heterocycles. The lowest BCUT2D eigenvalue weighted by atomic mass is 10.1. The molecule has 0 aliphatic rings. The van der Waals surface area contributed by atoms with E-state index in [0.717, 1.165) is 0 Å². The summed E-state index contributed by atoms with van der Waals surface area (Å²) in [6.45, 7) is 5.91. The fourth-order valence-electron chi connectivity index (χ4n) is 1.04. The SMILES string of the molecule is Cc1ccsc1N(C)C(C)(C)C#N. The average Bonchev–Trinajstić information content (AvgIpc) is 2.50. The number of thiophene rings is 1. The lowest BCUT2D eigenvalue weighted by Crippen LogP contribution is -2.39. The maximum Gasteiger partial charge on any atom is 0.122 e. The Hall–Kier alpha value is -1.01. The van der Waals surface area contributed by atoms with E-state index in [0.29, 0.717) is 0 Å². The maximum atomic E-state index is 8.97. The maximum absolute atomic E-state index is 8.97. The van der Waals surface area contributed by atoms with Crippen molar-refractivity contribution >= 4 is 16.3 Å². The topological polar surface area (TPSA) is 27.0 Å². The van der Waals surface area contributed by atoms with Gasteiger partial charge in [-0.15, -0.1) is 11.3 Å². The molecule has 0 unspecified atom stereocenters. The highest BCUT2D eigenvalue weighted by Gasteiger charge is 2.24. The molecule has 3 heteroatoms. The Labute approximate surface area is 83.4 Å². The molecule has 0 saturated carbocycles. The van der Waals surface area contributed by atoms with Crippen LogP contribution in [-0.4, -0.2) is 12.6 Å². The van der Waals surface area contributed by atoms with Gasteiger partial charge in [-0.2, -0.15) is 5.26 Å². The summed E-state index contributed by atoms with van der Waals surface area (Å²) >= 11 is 1.67. The van der Waals surface area contributed by atoms with E-state index in [1.54, 1.807) is 11.3 Å². The molecule has 13 heavy (non-hydrogen) atoms. The monoisotopic (exact) mass is 194 g/mol. The van der Waals surface area contributed by atoms with Gasteiger partial charge in [0.05, 0.1) is 11.1 Å².